The average Bonchev–Trinajstić information content (AvgIpc) is 3.64. The van der Waals surface area contributed by atoms with Gasteiger partial charge in [0.25, 0.3) is 0 Å². The number of para-hydroxylation sites is 1. The molecule has 186 valence electrons. The lowest BCUT2D eigenvalue weighted by molar-refractivity contribution is -0.132. The fraction of sp³-hybridized carbons (Fsp3) is 0.345. The molecule has 0 radical (unpaired) electrons. The first-order chi connectivity index (χ1) is 17.7. The van der Waals surface area contributed by atoms with Gasteiger partial charge in [-0.25, -0.2) is 10.9 Å². The van der Waals surface area contributed by atoms with E-state index in [1.807, 2.05) is 71.6 Å². The number of rotatable bonds is 7. The number of carbonyl (C=O) groups excluding carboxylic acids is 1. The molecule has 0 spiro atoms. The number of amides is 1. The highest BCUT2D eigenvalue weighted by Crippen LogP contribution is 2.49. The number of hydrogen-bond donors (Lipinski definition) is 3. The van der Waals surface area contributed by atoms with Crippen LogP contribution >= 0.6 is 0 Å². The standard InChI is InChI=1S/C29H31N3O4/c33-24-14-5-4-13-23(24)26-25-27(31-30-26)29(34)32(17-22-12-7-15-35-22)28(25)20-10-6-11-21(16-20)36-18-19-8-2-1-3-9-19/h1-6,8-11,13-14,16,22,25-28,30-31,33H,7,12,15,17-18H2. The first-order valence-corrected chi connectivity index (χ1v) is 12.7. The van der Waals surface area contributed by atoms with E-state index < -0.39 is 6.04 Å². The monoisotopic (exact) mass is 485 g/mol. The molecular weight excluding hydrogens is 454 g/mol. The van der Waals surface area contributed by atoms with Crippen LogP contribution in [-0.2, 0) is 16.1 Å². The Hall–Kier alpha value is -3.39. The molecule has 1 amide bonds. The number of hydrazine groups is 1. The van der Waals surface area contributed by atoms with E-state index in [-0.39, 0.29) is 35.8 Å². The van der Waals surface area contributed by atoms with Crippen LogP contribution in [0.4, 0.5) is 0 Å². The van der Waals surface area contributed by atoms with Crippen LogP contribution in [0.5, 0.6) is 11.5 Å². The number of likely N-dealkylation sites (tertiary alicyclic amines) is 1. The van der Waals surface area contributed by atoms with Crippen molar-refractivity contribution < 1.29 is 19.4 Å². The van der Waals surface area contributed by atoms with Crippen LogP contribution in [0.2, 0.25) is 0 Å². The normalized spacial score (nSPS) is 27.4. The number of phenolic OH excluding ortho intramolecular Hbond substituents is 1. The SMILES string of the molecule is O=C1C2NNC(c3ccccc3O)C2C(c2cccc(OCc3ccccc3)c2)N1CC1CCCO1. The minimum Gasteiger partial charge on any atom is -0.508 e. The second-order valence-corrected chi connectivity index (χ2v) is 9.80. The summed E-state index contributed by atoms with van der Waals surface area (Å²) in [5.74, 6) is 0.932. The van der Waals surface area contributed by atoms with Gasteiger partial charge in [-0.15, -0.1) is 0 Å². The van der Waals surface area contributed by atoms with Gasteiger partial charge in [0.2, 0.25) is 5.91 Å². The van der Waals surface area contributed by atoms with Crippen molar-refractivity contribution in [3.63, 3.8) is 0 Å². The highest BCUT2D eigenvalue weighted by molar-refractivity contribution is 5.86. The molecule has 0 aliphatic carbocycles. The zero-order valence-electron chi connectivity index (χ0n) is 20.0. The summed E-state index contributed by atoms with van der Waals surface area (Å²) >= 11 is 0. The average molecular weight is 486 g/mol. The summed E-state index contributed by atoms with van der Waals surface area (Å²) in [7, 11) is 0. The minimum absolute atomic E-state index is 0.0457. The summed E-state index contributed by atoms with van der Waals surface area (Å²) in [5, 5.41) is 10.6. The zero-order valence-corrected chi connectivity index (χ0v) is 20.0. The van der Waals surface area contributed by atoms with Gasteiger partial charge in [-0.05, 0) is 42.2 Å². The molecule has 3 aliphatic heterocycles. The molecule has 3 aromatic rings. The molecule has 36 heavy (non-hydrogen) atoms. The van der Waals surface area contributed by atoms with Gasteiger partial charge in [-0.3, -0.25) is 4.79 Å². The third-order valence-electron chi connectivity index (χ3n) is 7.56. The molecular formula is C29H31N3O4. The van der Waals surface area contributed by atoms with E-state index >= 15 is 0 Å². The minimum atomic E-state index is -0.394. The summed E-state index contributed by atoms with van der Waals surface area (Å²) < 4.78 is 12.0. The number of nitrogens with zero attached hydrogens (tertiary/aromatic N) is 1. The molecule has 5 atom stereocenters. The summed E-state index contributed by atoms with van der Waals surface area (Å²) in [6, 6.07) is 24.7. The fourth-order valence-electron chi connectivity index (χ4n) is 5.86. The van der Waals surface area contributed by atoms with Crippen molar-refractivity contribution in [3.05, 3.63) is 95.6 Å². The lowest BCUT2D eigenvalue weighted by Crippen LogP contribution is -2.43. The van der Waals surface area contributed by atoms with Gasteiger partial charge in [0.1, 0.15) is 24.1 Å². The summed E-state index contributed by atoms with van der Waals surface area (Å²) in [6.07, 6.45) is 2.03. The quantitative estimate of drug-likeness (QED) is 0.471. The van der Waals surface area contributed by atoms with Crippen LogP contribution in [0.3, 0.4) is 0 Å². The smallest absolute Gasteiger partial charge is 0.242 e. The second kappa shape index (κ2) is 9.93. The molecule has 7 nitrogen and oxygen atoms in total. The molecule has 5 unspecified atom stereocenters. The Bertz CT molecular complexity index is 1210. The van der Waals surface area contributed by atoms with Gasteiger partial charge in [-0.1, -0.05) is 60.7 Å². The molecule has 3 N–H and O–H groups in total. The maximum absolute atomic E-state index is 13.7. The first-order valence-electron chi connectivity index (χ1n) is 12.7. The van der Waals surface area contributed by atoms with E-state index in [1.54, 1.807) is 6.07 Å². The second-order valence-electron chi connectivity index (χ2n) is 9.80. The van der Waals surface area contributed by atoms with Crippen molar-refractivity contribution in [1.82, 2.24) is 15.8 Å². The predicted octanol–water partition coefficient (Wildman–Crippen LogP) is 3.87. The van der Waals surface area contributed by atoms with Crippen molar-refractivity contribution >= 4 is 5.91 Å². The predicted molar refractivity (Wildman–Crippen MR) is 135 cm³/mol. The van der Waals surface area contributed by atoms with Crippen LogP contribution in [0.15, 0.2) is 78.9 Å². The number of nitrogens with one attached hydrogen (secondary N) is 2. The maximum atomic E-state index is 13.7. The fourth-order valence-corrected chi connectivity index (χ4v) is 5.86. The Morgan fingerprint density at radius 1 is 0.972 bits per heavy atom. The number of benzene rings is 3. The number of aromatic hydroxyl groups is 1. The maximum Gasteiger partial charge on any atom is 0.242 e. The van der Waals surface area contributed by atoms with Gasteiger partial charge < -0.3 is 19.5 Å². The molecule has 0 aromatic heterocycles. The Kier molecular flexibility index (Phi) is 6.35. The Morgan fingerprint density at radius 2 is 1.78 bits per heavy atom. The summed E-state index contributed by atoms with van der Waals surface area (Å²) in [4.78, 5) is 15.7. The van der Waals surface area contributed by atoms with E-state index in [0.29, 0.717) is 13.2 Å². The van der Waals surface area contributed by atoms with Crippen molar-refractivity contribution in [1.29, 1.82) is 0 Å². The number of ether oxygens (including phenoxy) is 2. The molecule has 6 rings (SSSR count). The number of carbonyl (C=O) groups is 1. The Balaban J connectivity index is 1.34. The third kappa shape index (κ3) is 4.34. The largest absolute Gasteiger partial charge is 0.508 e. The van der Waals surface area contributed by atoms with Gasteiger partial charge in [0.15, 0.2) is 0 Å². The van der Waals surface area contributed by atoms with E-state index in [9.17, 15) is 9.90 Å². The highest BCUT2D eigenvalue weighted by Gasteiger charge is 2.56. The number of phenols is 1. The van der Waals surface area contributed by atoms with Crippen LogP contribution in [0.1, 0.15) is 41.6 Å². The van der Waals surface area contributed by atoms with E-state index in [1.165, 1.54) is 0 Å². The zero-order chi connectivity index (χ0) is 24.5. The Labute approximate surface area is 211 Å². The highest BCUT2D eigenvalue weighted by atomic mass is 16.5. The molecule has 0 saturated carbocycles. The van der Waals surface area contributed by atoms with Crippen molar-refractivity contribution in [2.24, 2.45) is 5.92 Å². The molecule has 3 saturated heterocycles. The van der Waals surface area contributed by atoms with Crippen LogP contribution in [0, 0.1) is 5.92 Å². The van der Waals surface area contributed by atoms with Crippen LogP contribution in [0.25, 0.3) is 0 Å². The molecule has 3 heterocycles. The lowest BCUT2D eigenvalue weighted by Gasteiger charge is -2.33. The van der Waals surface area contributed by atoms with Gasteiger partial charge >= 0.3 is 0 Å². The van der Waals surface area contributed by atoms with Gasteiger partial charge in [-0.2, -0.15) is 0 Å². The topological polar surface area (TPSA) is 83.1 Å². The van der Waals surface area contributed by atoms with Gasteiger partial charge in [0.05, 0.1) is 18.2 Å². The molecule has 3 aromatic carbocycles. The number of fused-ring (bicyclic) bond motifs is 1. The first kappa shape index (κ1) is 23.0. The van der Waals surface area contributed by atoms with Crippen molar-refractivity contribution in [2.45, 2.75) is 43.7 Å². The van der Waals surface area contributed by atoms with Gasteiger partial charge in [0, 0.05) is 24.6 Å². The lowest BCUT2D eigenvalue weighted by atomic mass is 9.83. The molecule has 0 bridgehead atoms. The Morgan fingerprint density at radius 3 is 2.58 bits per heavy atom. The summed E-state index contributed by atoms with van der Waals surface area (Å²) in [6.45, 7) is 1.78. The van der Waals surface area contributed by atoms with Crippen molar-refractivity contribution in [2.75, 3.05) is 13.2 Å². The van der Waals surface area contributed by atoms with E-state index in [4.69, 9.17) is 9.47 Å². The van der Waals surface area contributed by atoms with Crippen LogP contribution in [-0.4, -0.2) is 41.2 Å². The van der Waals surface area contributed by atoms with Crippen molar-refractivity contribution in [3.8, 4) is 11.5 Å². The molecule has 3 fully saturated rings. The number of hydrogen-bond acceptors (Lipinski definition) is 6. The van der Waals surface area contributed by atoms with E-state index in [0.717, 1.165) is 41.9 Å². The molecule has 7 heteroatoms. The summed E-state index contributed by atoms with van der Waals surface area (Å²) in [5.41, 5.74) is 9.44. The molecule has 3 aliphatic rings. The third-order valence-corrected chi connectivity index (χ3v) is 7.56. The van der Waals surface area contributed by atoms with E-state index in [2.05, 4.69) is 16.9 Å². The van der Waals surface area contributed by atoms with Crippen LogP contribution < -0.4 is 15.6 Å².